The number of nitrogens with zero attached hydrogens (tertiary/aromatic N) is 2. The fourth-order valence-electron chi connectivity index (χ4n) is 4.98. The molecule has 0 spiro atoms. The summed E-state index contributed by atoms with van der Waals surface area (Å²) in [4.78, 5) is 19.1. The summed E-state index contributed by atoms with van der Waals surface area (Å²) in [6, 6.07) is 28.7. The van der Waals surface area contributed by atoms with Crippen LogP contribution in [0.4, 0.5) is 9.39 Å². The molecule has 1 saturated heterocycles. The summed E-state index contributed by atoms with van der Waals surface area (Å²) in [6.07, 6.45) is 0.855. The molecule has 3 aromatic carbocycles. The Morgan fingerprint density at radius 1 is 0.892 bits per heavy atom. The highest BCUT2D eigenvalue weighted by atomic mass is 32.1. The van der Waals surface area contributed by atoms with Gasteiger partial charge in [0.25, 0.3) is 5.91 Å². The second-order valence-electron chi connectivity index (χ2n) is 9.39. The van der Waals surface area contributed by atoms with Gasteiger partial charge in [-0.3, -0.25) is 14.6 Å². The molecule has 1 aliphatic heterocycles. The topological polar surface area (TPSA) is 35.6 Å². The predicted molar refractivity (Wildman–Crippen MR) is 150 cm³/mol. The Morgan fingerprint density at radius 3 is 2.22 bits per heavy atom. The van der Waals surface area contributed by atoms with Crippen LogP contribution in [0.2, 0.25) is 0 Å². The molecule has 1 aromatic heterocycles. The van der Waals surface area contributed by atoms with Crippen LogP contribution in [0, 0.1) is 5.82 Å². The van der Waals surface area contributed by atoms with Crippen LogP contribution in [0.15, 0.2) is 91.0 Å². The van der Waals surface area contributed by atoms with Gasteiger partial charge in [-0.05, 0) is 36.2 Å². The van der Waals surface area contributed by atoms with Gasteiger partial charge in [-0.1, -0.05) is 73.7 Å². The van der Waals surface area contributed by atoms with Crippen LogP contribution in [0.5, 0.6) is 0 Å². The Morgan fingerprint density at radius 2 is 1.54 bits per heavy atom. The van der Waals surface area contributed by atoms with E-state index < -0.39 is 0 Å². The van der Waals surface area contributed by atoms with Crippen LogP contribution in [0.1, 0.15) is 44.9 Å². The Hall–Kier alpha value is -3.32. The molecule has 1 amide bonds. The van der Waals surface area contributed by atoms with Crippen molar-refractivity contribution in [3.8, 4) is 0 Å². The van der Waals surface area contributed by atoms with Crippen LogP contribution < -0.4 is 5.32 Å². The highest BCUT2D eigenvalue weighted by Gasteiger charge is 2.31. The van der Waals surface area contributed by atoms with E-state index in [4.69, 9.17) is 0 Å². The number of anilines is 1. The number of benzene rings is 3. The number of nitrogens with one attached hydrogen (secondary N) is 1. The van der Waals surface area contributed by atoms with Crippen LogP contribution in [0.3, 0.4) is 0 Å². The molecular formula is C31H32FN3OS. The summed E-state index contributed by atoms with van der Waals surface area (Å²) in [7, 11) is 0. The molecule has 37 heavy (non-hydrogen) atoms. The predicted octanol–water partition coefficient (Wildman–Crippen LogP) is 6.61. The van der Waals surface area contributed by atoms with Gasteiger partial charge in [-0.2, -0.15) is 0 Å². The summed E-state index contributed by atoms with van der Waals surface area (Å²) in [5.41, 5.74) is 3.53. The molecule has 1 aliphatic rings. The Kier molecular flexibility index (Phi) is 8.09. The highest BCUT2D eigenvalue weighted by molar-refractivity contribution is 7.16. The van der Waals surface area contributed by atoms with E-state index in [-0.39, 0.29) is 17.8 Å². The van der Waals surface area contributed by atoms with Crippen molar-refractivity contribution in [1.29, 1.82) is 0 Å². The highest BCUT2D eigenvalue weighted by Crippen LogP contribution is 2.40. The van der Waals surface area contributed by atoms with Crippen molar-refractivity contribution in [2.45, 2.75) is 25.9 Å². The van der Waals surface area contributed by atoms with Crippen molar-refractivity contribution in [3.05, 3.63) is 124 Å². The van der Waals surface area contributed by atoms with Crippen LogP contribution in [-0.2, 0) is 13.0 Å². The molecule has 1 fully saturated rings. The van der Waals surface area contributed by atoms with Crippen molar-refractivity contribution in [1.82, 2.24) is 9.80 Å². The lowest BCUT2D eigenvalue weighted by molar-refractivity contribution is 0.102. The zero-order valence-electron chi connectivity index (χ0n) is 21.1. The third-order valence-corrected chi connectivity index (χ3v) is 8.15. The van der Waals surface area contributed by atoms with Gasteiger partial charge in [0.2, 0.25) is 0 Å². The van der Waals surface area contributed by atoms with Gasteiger partial charge in [0.1, 0.15) is 10.8 Å². The second-order valence-corrected chi connectivity index (χ2v) is 10.5. The molecule has 2 heterocycles. The molecule has 0 unspecified atom stereocenters. The lowest BCUT2D eigenvalue weighted by Crippen LogP contribution is -2.47. The van der Waals surface area contributed by atoms with Gasteiger partial charge in [-0.25, -0.2) is 4.39 Å². The zero-order valence-corrected chi connectivity index (χ0v) is 21.9. The third-order valence-electron chi connectivity index (χ3n) is 6.94. The number of carbonyl (C=O) groups excluding carboxylic acids is 1. The first kappa shape index (κ1) is 25.3. The monoisotopic (exact) mass is 513 g/mol. The van der Waals surface area contributed by atoms with E-state index in [1.165, 1.54) is 16.5 Å². The van der Waals surface area contributed by atoms with Crippen molar-refractivity contribution in [2.75, 3.05) is 31.5 Å². The van der Waals surface area contributed by atoms with Crippen LogP contribution in [-0.4, -0.2) is 41.9 Å². The minimum absolute atomic E-state index is 0.147. The van der Waals surface area contributed by atoms with Gasteiger partial charge in [0.05, 0.1) is 6.04 Å². The van der Waals surface area contributed by atoms with Crippen molar-refractivity contribution < 1.29 is 9.18 Å². The molecule has 0 aliphatic carbocycles. The summed E-state index contributed by atoms with van der Waals surface area (Å²) < 4.78 is 15.3. The number of rotatable bonds is 8. The number of piperazine rings is 1. The van der Waals surface area contributed by atoms with Gasteiger partial charge < -0.3 is 5.32 Å². The molecule has 0 radical (unpaired) electrons. The summed E-state index contributed by atoms with van der Waals surface area (Å²) in [5, 5.41) is 3.95. The molecule has 0 saturated carbocycles. The fraction of sp³-hybridized carbons (Fsp3) is 0.258. The van der Waals surface area contributed by atoms with Crippen molar-refractivity contribution in [2.24, 2.45) is 0 Å². The standard InChI is InChI=1S/C31H32FN3OS/c1-2-25-21-27(31(37-25)33-30(36)24-13-7-4-8-14-24)29(26-15-9-10-16-28(26)32)35-19-17-34(18-20-35)22-23-11-5-3-6-12-23/h3-16,21,29H,2,17-20,22H2,1H3,(H,33,36)/t29-/m1/s1. The molecule has 0 bridgehead atoms. The Bertz CT molecular complexity index is 1320. The smallest absolute Gasteiger partial charge is 0.256 e. The third kappa shape index (κ3) is 5.99. The normalized spacial score (nSPS) is 15.4. The van der Waals surface area contributed by atoms with Gasteiger partial charge in [0, 0.05) is 54.3 Å². The van der Waals surface area contributed by atoms with E-state index >= 15 is 4.39 Å². The summed E-state index contributed by atoms with van der Waals surface area (Å²) >= 11 is 1.59. The SMILES string of the molecule is CCc1cc([C@@H](c2ccccc2F)N2CCN(Cc3ccccc3)CC2)c(NC(=O)c2ccccc2)s1. The zero-order chi connectivity index (χ0) is 25.6. The molecule has 4 nitrogen and oxygen atoms in total. The van der Waals surface area contributed by atoms with E-state index in [1.54, 1.807) is 17.4 Å². The maximum absolute atomic E-state index is 15.3. The average molecular weight is 514 g/mol. The lowest BCUT2D eigenvalue weighted by Gasteiger charge is -2.40. The fourth-order valence-corrected chi connectivity index (χ4v) is 6.00. The Labute approximate surface area is 222 Å². The second kappa shape index (κ2) is 11.8. The molecule has 190 valence electrons. The number of amides is 1. The summed E-state index contributed by atoms with van der Waals surface area (Å²) in [6.45, 7) is 6.45. The maximum Gasteiger partial charge on any atom is 0.256 e. The quantitative estimate of drug-likeness (QED) is 0.288. The minimum Gasteiger partial charge on any atom is -0.313 e. The number of thiophene rings is 1. The first-order valence-corrected chi connectivity index (χ1v) is 13.7. The first-order valence-electron chi connectivity index (χ1n) is 12.9. The average Bonchev–Trinajstić information content (AvgIpc) is 3.34. The maximum atomic E-state index is 15.3. The van der Waals surface area contributed by atoms with E-state index in [0.29, 0.717) is 11.1 Å². The molecule has 4 aromatic rings. The van der Waals surface area contributed by atoms with E-state index in [1.807, 2.05) is 48.5 Å². The molecule has 1 N–H and O–H groups in total. The van der Waals surface area contributed by atoms with Crippen LogP contribution >= 0.6 is 11.3 Å². The van der Waals surface area contributed by atoms with Crippen LogP contribution in [0.25, 0.3) is 0 Å². The van der Waals surface area contributed by atoms with Gasteiger partial charge >= 0.3 is 0 Å². The lowest BCUT2D eigenvalue weighted by atomic mass is 9.96. The summed E-state index contributed by atoms with van der Waals surface area (Å²) in [5.74, 6) is -0.366. The number of hydrogen-bond acceptors (Lipinski definition) is 4. The van der Waals surface area contributed by atoms with Gasteiger partial charge in [0.15, 0.2) is 0 Å². The molecule has 6 heteroatoms. The minimum atomic E-state index is -0.275. The number of carbonyl (C=O) groups is 1. The number of hydrogen-bond donors (Lipinski definition) is 1. The molecule has 1 atom stereocenters. The first-order chi connectivity index (χ1) is 18.1. The van der Waals surface area contributed by atoms with E-state index in [9.17, 15) is 4.79 Å². The van der Waals surface area contributed by atoms with Gasteiger partial charge in [-0.15, -0.1) is 11.3 Å². The van der Waals surface area contributed by atoms with Crippen molar-refractivity contribution in [3.63, 3.8) is 0 Å². The molecular weight excluding hydrogens is 481 g/mol. The Balaban J connectivity index is 1.44. The van der Waals surface area contributed by atoms with E-state index in [2.05, 4.69) is 52.4 Å². The largest absolute Gasteiger partial charge is 0.313 e. The number of aryl methyl sites for hydroxylation is 1. The van der Waals surface area contributed by atoms with Crippen molar-refractivity contribution >= 4 is 22.2 Å². The molecule has 5 rings (SSSR count). The number of halogens is 1. The van der Waals surface area contributed by atoms with E-state index in [0.717, 1.165) is 49.7 Å².